The molecule has 0 amide bonds. The van der Waals surface area contributed by atoms with Crippen LogP contribution in [0.1, 0.15) is 26.2 Å². The predicted molar refractivity (Wildman–Crippen MR) is 66.6 cm³/mol. The molecular weight excluding hydrogens is 242 g/mol. The average molecular weight is 261 g/mol. The number of hydrogen-bond donors (Lipinski definition) is 3. The lowest BCUT2D eigenvalue weighted by Gasteiger charge is -2.29. The molecule has 5 nitrogen and oxygen atoms in total. The molecule has 1 aliphatic heterocycles. The Morgan fingerprint density at radius 3 is 2.88 bits per heavy atom. The third kappa shape index (κ3) is 5.08. The Morgan fingerprint density at radius 1 is 1.71 bits per heavy atom. The molecule has 0 radical (unpaired) electrons. The summed E-state index contributed by atoms with van der Waals surface area (Å²) in [6, 6.07) is -0.306. The van der Waals surface area contributed by atoms with Crippen LogP contribution in [0.4, 0.5) is 0 Å². The third-order valence-corrected chi connectivity index (χ3v) is 3.93. The van der Waals surface area contributed by atoms with Crippen molar-refractivity contribution in [2.24, 2.45) is 0 Å². The predicted octanol–water partition coefficient (Wildman–Crippen LogP) is 1.14. The van der Waals surface area contributed by atoms with Crippen LogP contribution < -0.4 is 5.32 Å². The SMILES string of the molecule is COC(O)NC(CC(=O)O)CC1(C)CC=CS1. The first-order valence-electron chi connectivity index (χ1n) is 5.47. The van der Waals surface area contributed by atoms with Crippen LogP contribution in [0.25, 0.3) is 0 Å². The number of ether oxygens (including phenoxy) is 1. The Hall–Kier alpha value is -0.560. The van der Waals surface area contributed by atoms with Crippen LogP contribution in [0.2, 0.25) is 0 Å². The van der Waals surface area contributed by atoms with Gasteiger partial charge in [0.05, 0.1) is 6.42 Å². The van der Waals surface area contributed by atoms with Crippen LogP contribution in [0, 0.1) is 0 Å². The molecule has 0 aromatic rings. The van der Waals surface area contributed by atoms with Crippen molar-refractivity contribution in [2.75, 3.05) is 7.11 Å². The van der Waals surface area contributed by atoms with Gasteiger partial charge in [0.15, 0.2) is 0 Å². The number of thioether (sulfide) groups is 1. The highest BCUT2D eigenvalue weighted by molar-refractivity contribution is 8.03. The van der Waals surface area contributed by atoms with E-state index in [2.05, 4.69) is 23.1 Å². The molecule has 0 fully saturated rings. The quantitative estimate of drug-likeness (QED) is 0.596. The van der Waals surface area contributed by atoms with Gasteiger partial charge in [0.25, 0.3) is 0 Å². The van der Waals surface area contributed by atoms with Crippen molar-refractivity contribution in [3.05, 3.63) is 11.5 Å². The van der Waals surface area contributed by atoms with E-state index in [1.165, 1.54) is 7.11 Å². The zero-order valence-corrected chi connectivity index (χ0v) is 10.9. The lowest BCUT2D eigenvalue weighted by atomic mass is 9.96. The second kappa shape index (κ2) is 6.39. The van der Waals surface area contributed by atoms with E-state index in [-0.39, 0.29) is 17.2 Å². The maximum atomic E-state index is 10.8. The second-order valence-electron chi connectivity index (χ2n) is 4.40. The molecule has 1 rings (SSSR count). The van der Waals surface area contributed by atoms with Gasteiger partial charge in [0, 0.05) is 17.9 Å². The molecule has 0 aromatic heterocycles. The molecule has 1 heterocycles. The molecule has 3 N–H and O–H groups in total. The van der Waals surface area contributed by atoms with E-state index < -0.39 is 12.4 Å². The molecule has 6 heteroatoms. The number of aliphatic hydroxyl groups excluding tert-OH is 1. The van der Waals surface area contributed by atoms with Crippen molar-refractivity contribution >= 4 is 17.7 Å². The molecule has 98 valence electrons. The molecule has 0 saturated carbocycles. The van der Waals surface area contributed by atoms with Gasteiger partial charge in [-0.1, -0.05) is 6.08 Å². The highest BCUT2D eigenvalue weighted by atomic mass is 32.2. The summed E-state index contributed by atoms with van der Waals surface area (Å²) in [5.41, 5.74) is 0. The summed E-state index contributed by atoms with van der Waals surface area (Å²) in [5.74, 6) is -0.884. The summed E-state index contributed by atoms with van der Waals surface area (Å²) < 4.78 is 4.69. The molecule has 0 aromatic carbocycles. The molecule has 17 heavy (non-hydrogen) atoms. The minimum Gasteiger partial charge on any atom is -0.481 e. The fourth-order valence-electron chi connectivity index (χ4n) is 1.88. The van der Waals surface area contributed by atoms with E-state index in [1.54, 1.807) is 11.8 Å². The second-order valence-corrected chi connectivity index (χ2v) is 5.89. The van der Waals surface area contributed by atoms with Gasteiger partial charge >= 0.3 is 5.97 Å². The first kappa shape index (κ1) is 14.5. The number of carbonyl (C=O) groups is 1. The van der Waals surface area contributed by atoms with E-state index in [4.69, 9.17) is 5.11 Å². The van der Waals surface area contributed by atoms with Gasteiger partial charge in [-0.25, -0.2) is 0 Å². The summed E-state index contributed by atoms with van der Waals surface area (Å²) in [4.78, 5) is 10.8. The molecule has 3 unspecified atom stereocenters. The van der Waals surface area contributed by atoms with E-state index in [9.17, 15) is 9.90 Å². The summed E-state index contributed by atoms with van der Waals surface area (Å²) in [6.45, 7) is 2.09. The van der Waals surface area contributed by atoms with Gasteiger partial charge in [-0.05, 0) is 25.2 Å². The number of aliphatic hydroxyl groups is 1. The summed E-state index contributed by atoms with van der Waals surface area (Å²) >= 11 is 1.70. The van der Waals surface area contributed by atoms with Crippen molar-refractivity contribution in [2.45, 2.75) is 43.4 Å². The number of rotatable bonds is 7. The van der Waals surface area contributed by atoms with Gasteiger partial charge in [0.1, 0.15) is 0 Å². The first-order valence-corrected chi connectivity index (χ1v) is 6.35. The highest BCUT2D eigenvalue weighted by Gasteiger charge is 2.31. The van der Waals surface area contributed by atoms with Crippen molar-refractivity contribution in [3.63, 3.8) is 0 Å². The monoisotopic (exact) mass is 261 g/mol. The van der Waals surface area contributed by atoms with Crippen LogP contribution in [0.15, 0.2) is 11.5 Å². The molecule has 0 spiro atoms. The van der Waals surface area contributed by atoms with Crippen molar-refractivity contribution in [1.82, 2.24) is 5.32 Å². The molecule has 3 atom stereocenters. The largest absolute Gasteiger partial charge is 0.481 e. The molecular formula is C11H19NO4S. The van der Waals surface area contributed by atoms with Crippen LogP contribution >= 0.6 is 11.8 Å². The zero-order chi connectivity index (χ0) is 12.9. The number of methoxy groups -OCH3 is 1. The number of allylic oxidation sites excluding steroid dienone is 1. The normalized spacial score (nSPS) is 27.0. The Bertz CT molecular complexity index is 287. The molecule has 0 saturated heterocycles. The van der Waals surface area contributed by atoms with Crippen molar-refractivity contribution in [3.8, 4) is 0 Å². The van der Waals surface area contributed by atoms with Crippen molar-refractivity contribution in [1.29, 1.82) is 0 Å². The van der Waals surface area contributed by atoms with Crippen LogP contribution in [-0.4, -0.2) is 40.5 Å². The Kier molecular flexibility index (Phi) is 5.45. The van der Waals surface area contributed by atoms with Crippen molar-refractivity contribution < 1.29 is 19.7 Å². The number of carboxylic acid groups (broad SMARTS) is 1. The minimum atomic E-state index is -1.12. The number of carboxylic acids is 1. The standard InChI is InChI=1S/C11H19NO4S/c1-11(4-3-5-17-11)7-8(6-9(13)14)12-10(15)16-2/h3,5,8,10,12,15H,4,6-7H2,1-2H3,(H,13,14). The van der Waals surface area contributed by atoms with E-state index in [0.29, 0.717) is 6.42 Å². The summed E-state index contributed by atoms with van der Waals surface area (Å²) in [6.07, 6.45) is 2.50. The minimum absolute atomic E-state index is 0.000574. The van der Waals surface area contributed by atoms with Gasteiger partial charge in [-0.15, -0.1) is 11.8 Å². The first-order chi connectivity index (χ1) is 7.95. The molecule has 0 aliphatic carbocycles. The molecule has 1 aliphatic rings. The van der Waals surface area contributed by atoms with Gasteiger partial charge in [-0.3, -0.25) is 10.1 Å². The lowest BCUT2D eigenvalue weighted by molar-refractivity contribution is -0.139. The maximum Gasteiger partial charge on any atom is 0.304 e. The van der Waals surface area contributed by atoms with E-state index in [0.717, 1.165) is 6.42 Å². The third-order valence-electron chi connectivity index (χ3n) is 2.70. The smallest absolute Gasteiger partial charge is 0.304 e. The van der Waals surface area contributed by atoms with Gasteiger partial charge in [-0.2, -0.15) is 0 Å². The number of aliphatic carboxylic acids is 1. The topological polar surface area (TPSA) is 78.8 Å². The Balaban J connectivity index is 2.53. The summed E-state index contributed by atoms with van der Waals surface area (Å²) in [5, 5.41) is 23.0. The van der Waals surface area contributed by atoms with Crippen LogP contribution in [0.3, 0.4) is 0 Å². The summed E-state index contributed by atoms with van der Waals surface area (Å²) in [7, 11) is 1.36. The van der Waals surface area contributed by atoms with Crippen LogP contribution in [-0.2, 0) is 9.53 Å². The average Bonchev–Trinajstić information content (AvgIpc) is 2.63. The van der Waals surface area contributed by atoms with E-state index >= 15 is 0 Å². The fraction of sp³-hybridized carbons (Fsp3) is 0.727. The highest BCUT2D eigenvalue weighted by Crippen LogP contribution is 2.40. The lowest BCUT2D eigenvalue weighted by Crippen LogP contribution is -2.43. The number of nitrogens with one attached hydrogen (secondary N) is 1. The van der Waals surface area contributed by atoms with E-state index in [1.807, 2.05) is 5.41 Å². The van der Waals surface area contributed by atoms with Gasteiger partial charge < -0.3 is 14.9 Å². The fourth-order valence-corrected chi connectivity index (χ4v) is 2.89. The zero-order valence-electron chi connectivity index (χ0n) is 10.0. The Labute approximate surface area is 105 Å². The van der Waals surface area contributed by atoms with Crippen LogP contribution in [0.5, 0.6) is 0 Å². The number of hydrogen-bond acceptors (Lipinski definition) is 5. The molecule has 0 bridgehead atoms. The Morgan fingerprint density at radius 2 is 2.41 bits per heavy atom. The maximum absolute atomic E-state index is 10.8. The van der Waals surface area contributed by atoms with Gasteiger partial charge in [0.2, 0.25) is 6.41 Å².